The van der Waals surface area contributed by atoms with Crippen LogP contribution in [0.4, 0.5) is 8.78 Å². The Morgan fingerprint density at radius 1 is 1.60 bits per heavy atom. The minimum atomic E-state index is -4.21. The van der Waals surface area contributed by atoms with Gasteiger partial charge in [0.15, 0.2) is 0 Å². The lowest BCUT2D eigenvalue weighted by Gasteiger charge is -2.37. The number of hydrogen-bond acceptors (Lipinski definition) is 5. The monoisotopic (exact) mass is 289 g/mol. The molecule has 2 rings (SSSR count). The third-order valence-corrected chi connectivity index (χ3v) is 3.37. The Morgan fingerprint density at radius 2 is 2.25 bits per heavy atom. The maximum absolute atomic E-state index is 13.8. The molecule has 2 aliphatic heterocycles. The predicted molar refractivity (Wildman–Crippen MR) is 61.1 cm³/mol. The van der Waals surface area contributed by atoms with Crippen molar-refractivity contribution in [1.29, 1.82) is 0 Å². The number of nitrogens with zero attached hydrogens (tertiary/aromatic N) is 1. The normalized spacial score (nSPS) is 39.9. The first-order valence-corrected chi connectivity index (χ1v) is 5.81. The Hall–Kier alpha value is -1.53. The topological polar surface area (TPSA) is 90.2 Å². The van der Waals surface area contributed by atoms with Crippen LogP contribution in [-0.2, 0) is 9.53 Å². The molecule has 1 fully saturated rings. The van der Waals surface area contributed by atoms with Gasteiger partial charge in [0.2, 0.25) is 5.60 Å². The molecule has 4 atom stereocenters. The second kappa shape index (κ2) is 4.79. The Kier molecular flexibility index (Phi) is 3.56. The average molecular weight is 289 g/mol. The van der Waals surface area contributed by atoms with E-state index in [0.29, 0.717) is 11.0 Å². The molecule has 110 valence electrons. The largest absolute Gasteiger partial charge is 0.394 e. The number of halogens is 2. The molecule has 0 aromatic carbocycles. The molecule has 0 saturated carbocycles. The SMILES string of the molecule is C#CC1(O)C=CN([C@H]2C[C@H](O)[C@@H](CO)O2)C(=O)C1(F)F. The van der Waals surface area contributed by atoms with Crippen LogP contribution in [0.2, 0.25) is 0 Å². The highest BCUT2D eigenvalue weighted by Gasteiger charge is 2.61. The van der Waals surface area contributed by atoms with Crippen LogP contribution in [0.25, 0.3) is 0 Å². The summed E-state index contributed by atoms with van der Waals surface area (Å²) >= 11 is 0. The van der Waals surface area contributed by atoms with Crippen LogP contribution < -0.4 is 0 Å². The van der Waals surface area contributed by atoms with Gasteiger partial charge in [-0.05, 0) is 6.08 Å². The van der Waals surface area contributed by atoms with Gasteiger partial charge in [-0.1, -0.05) is 5.92 Å². The van der Waals surface area contributed by atoms with Crippen LogP contribution in [0, 0.1) is 12.3 Å². The van der Waals surface area contributed by atoms with E-state index in [4.69, 9.17) is 16.3 Å². The first-order valence-electron chi connectivity index (χ1n) is 5.81. The van der Waals surface area contributed by atoms with Gasteiger partial charge in [-0.15, -0.1) is 6.42 Å². The number of carbonyl (C=O) groups excluding carboxylic acids is 1. The van der Waals surface area contributed by atoms with E-state index in [0.717, 1.165) is 6.20 Å². The van der Waals surface area contributed by atoms with Gasteiger partial charge in [0.1, 0.15) is 12.3 Å². The Labute approximate surface area is 113 Å². The van der Waals surface area contributed by atoms with E-state index >= 15 is 0 Å². The molecule has 0 radical (unpaired) electrons. The lowest BCUT2D eigenvalue weighted by Crippen LogP contribution is -2.60. The van der Waals surface area contributed by atoms with Gasteiger partial charge in [-0.3, -0.25) is 9.69 Å². The van der Waals surface area contributed by atoms with Crippen molar-refractivity contribution in [3.63, 3.8) is 0 Å². The van der Waals surface area contributed by atoms with E-state index < -0.39 is 42.5 Å². The van der Waals surface area contributed by atoms with Gasteiger partial charge in [0.25, 0.3) is 0 Å². The van der Waals surface area contributed by atoms with Gasteiger partial charge < -0.3 is 20.1 Å². The maximum Gasteiger partial charge on any atom is 0.367 e. The summed E-state index contributed by atoms with van der Waals surface area (Å²) in [6, 6.07) is 0. The molecule has 2 aliphatic rings. The molecule has 3 N–H and O–H groups in total. The number of hydrogen-bond donors (Lipinski definition) is 3. The highest BCUT2D eigenvalue weighted by atomic mass is 19.3. The molecule has 8 heteroatoms. The summed E-state index contributed by atoms with van der Waals surface area (Å²) in [5.74, 6) is -4.45. The molecule has 0 bridgehead atoms. The third-order valence-electron chi connectivity index (χ3n) is 3.37. The molecule has 1 unspecified atom stereocenters. The number of rotatable bonds is 2. The lowest BCUT2D eigenvalue weighted by molar-refractivity contribution is -0.191. The third kappa shape index (κ3) is 1.99. The summed E-state index contributed by atoms with van der Waals surface area (Å²) in [5.41, 5.74) is -2.99. The molecule has 1 amide bonds. The Morgan fingerprint density at radius 3 is 2.75 bits per heavy atom. The van der Waals surface area contributed by atoms with Crippen LogP contribution >= 0.6 is 0 Å². The zero-order chi connectivity index (χ0) is 15.1. The summed E-state index contributed by atoms with van der Waals surface area (Å²) in [4.78, 5) is 12.3. The molecular formula is C12H13F2NO5. The average Bonchev–Trinajstić information content (AvgIpc) is 2.77. The molecular weight excluding hydrogens is 276 g/mol. The molecule has 6 nitrogen and oxygen atoms in total. The van der Waals surface area contributed by atoms with Crippen molar-refractivity contribution in [2.24, 2.45) is 0 Å². The smallest absolute Gasteiger partial charge is 0.367 e. The minimum Gasteiger partial charge on any atom is -0.394 e. The summed E-state index contributed by atoms with van der Waals surface area (Å²) in [6.07, 6.45) is 3.04. The number of amides is 1. The fourth-order valence-electron chi connectivity index (χ4n) is 2.10. The van der Waals surface area contributed by atoms with E-state index in [1.165, 1.54) is 5.92 Å². The number of aliphatic hydroxyl groups is 3. The first kappa shape index (κ1) is 14.9. The number of carbonyl (C=O) groups is 1. The quantitative estimate of drug-likeness (QED) is 0.556. The van der Waals surface area contributed by atoms with Crippen molar-refractivity contribution in [3.8, 4) is 12.3 Å². The molecule has 2 heterocycles. The van der Waals surface area contributed by atoms with Crippen molar-refractivity contribution >= 4 is 5.91 Å². The van der Waals surface area contributed by atoms with Gasteiger partial charge in [0, 0.05) is 12.6 Å². The predicted octanol–water partition coefficient (Wildman–Crippen LogP) is -1.19. The van der Waals surface area contributed by atoms with Gasteiger partial charge >= 0.3 is 11.8 Å². The van der Waals surface area contributed by atoms with E-state index in [-0.39, 0.29) is 6.42 Å². The fourth-order valence-corrected chi connectivity index (χ4v) is 2.10. The molecule has 0 aromatic rings. The standard InChI is InChI=1S/C12H13F2NO5/c1-2-11(19)3-4-15(10(18)12(11,13)14)9-5-7(17)8(6-16)20-9/h1,3-4,7-9,16-17,19H,5-6H2/t7-,8+,9+,11?/m0/s1. The highest BCUT2D eigenvalue weighted by Crippen LogP contribution is 2.37. The van der Waals surface area contributed by atoms with E-state index in [1.807, 2.05) is 0 Å². The molecule has 20 heavy (non-hydrogen) atoms. The second-order valence-electron chi connectivity index (χ2n) is 4.63. The highest BCUT2D eigenvalue weighted by molar-refractivity contribution is 5.88. The minimum absolute atomic E-state index is 0.133. The lowest BCUT2D eigenvalue weighted by atomic mass is 9.92. The van der Waals surface area contributed by atoms with Crippen molar-refractivity contribution in [1.82, 2.24) is 4.90 Å². The van der Waals surface area contributed by atoms with E-state index in [2.05, 4.69) is 0 Å². The van der Waals surface area contributed by atoms with E-state index in [1.54, 1.807) is 0 Å². The molecule has 0 aliphatic carbocycles. The fraction of sp³-hybridized carbons (Fsp3) is 0.583. The molecule has 0 aromatic heterocycles. The van der Waals surface area contributed by atoms with Crippen molar-refractivity contribution in [3.05, 3.63) is 12.3 Å². The molecule has 1 saturated heterocycles. The number of terminal acetylenes is 1. The Bertz CT molecular complexity index is 489. The first-order chi connectivity index (χ1) is 9.26. The second-order valence-corrected chi connectivity index (χ2v) is 4.63. The van der Waals surface area contributed by atoms with E-state index in [9.17, 15) is 23.8 Å². The zero-order valence-corrected chi connectivity index (χ0v) is 10.2. The number of alkyl halides is 2. The zero-order valence-electron chi connectivity index (χ0n) is 10.2. The van der Waals surface area contributed by atoms with Gasteiger partial charge in [-0.2, -0.15) is 8.78 Å². The Balaban J connectivity index is 2.27. The molecule has 0 spiro atoms. The van der Waals surface area contributed by atoms with Crippen LogP contribution in [-0.4, -0.2) is 62.7 Å². The summed E-state index contributed by atoms with van der Waals surface area (Å²) < 4.78 is 32.8. The van der Waals surface area contributed by atoms with Gasteiger partial charge in [0.05, 0.1) is 12.7 Å². The summed E-state index contributed by atoms with van der Waals surface area (Å²) in [7, 11) is 0. The summed E-state index contributed by atoms with van der Waals surface area (Å²) in [6.45, 7) is -0.506. The van der Waals surface area contributed by atoms with Crippen molar-refractivity contribution in [2.45, 2.75) is 36.4 Å². The number of ether oxygens (including phenoxy) is 1. The van der Waals surface area contributed by atoms with Crippen LogP contribution in [0.3, 0.4) is 0 Å². The van der Waals surface area contributed by atoms with Crippen LogP contribution in [0.5, 0.6) is 0 Å². The van der Waals surface area contributed by atoms with Crippen LogP contribution in [0.15, 0.2) is 12.3 Å². The maximum atomic E-state index is 13.8. The van der Waals surface area contributed by atoms with Gasteiger partial charge in [-0.25, -0.2) is 0 Å². The van der Waals surface area contributed by atoms with Crippen molar-refractivity contribution in [2.75, 3.05) is 6.61 Å². The number of aliphatic hydroxyl groups excluding tert-OH is 2. The van der Waals surface area contributed by atoms with Crippen LogP contribution in [0.1, 0.15) is 6.42 Å². The van der Waals surface area contributed by atoms with Crippen molar-refractivity contribution < 1.29 is 33.6 Å². The summed E-state index contributed by atoms with van der Waals surface area (Å²) in [5, 5.41) is 28.0.